The second kappa shape index (κ2) is 7.77. The molecule has 0 unspecified atom stereocenters. The Morgan fingerprint density at radius 1 is 0.889 bits per heavy atom. The van der Waals surface area contributed by atoms with Crippen molar-refractivity contribution in [3.8, 4) is 0 Å². The van der Waals surface area contributed by atoms with Gasteiger partial charge in [-0.15, -0.1) is 0 Å². The molecule has 0 radical (unpaired) electrons. The number of nitrogens with zero attached hydrogens (tertiary/aromatic N) is 2. The van der Waals surface area contributed by atoms with Crippen LogP contribution < -0.4 is 16.0 Å². The highest BCUT2D eigenvalue weighted by Gasteiger charge is 2.10. The molecule has 0 fully saturated rings. The summed E-state index contributed by atoms with van der Waals surface area (Å²) in [6.07, 6.45) is 0. The molecule has 1 heterocycles. The average Bonchev–Trinajstić information content (AvgIpc) is 2.59. The van der Waals surface area contributed by atoms with E-state index in [2.05, 4.69) is 25.9 Å². The van der Waals surface area contributed by atoms with E-state index in [4.69, 9.17) is 0 Å². The number of anilines is 5. The Balaban J connectivity index is 1.80. The highest BCUT2D eigenvalue weighted by atomic mass is 19.1. The van der Waals surface area contributed by atoms with Gasteiger partial charge >= 0.3 is 0 Å². The Bertz CT molecular complexity index is 956. The van der Waals surface area contributed by atoms with E-state index in [1.54, 1.807) is 37.3 Å². The van der Waals surface area contributed by atoms with Crippen molar-refractivity contribution >= 4 is 34.6 Å². The SMILES string of the molecule is CC(=O)Nc1ccc(Nc2cc(Nc3c(F)cccc3F)nc(C)n2)cc1. The van der Waals surface area contributed by atoms with Crippen molar-refractivity contribution in [3.05, 3.63) is 66.0 Å². The lowest BCUT2D eigenvalue weighted by molar-refractivity contribution is -0.114. The zero-order valence-corrected chi connectivity index (χ0v) is 14.7. The van der Waals surface area contributed by atoms with E-state index in [1.807, 2.05) is 0 Å². The van der Waals surface area contributed by atoms with E-state index in [1.165, 1.54) is 13.0 Å². The van der Waals surface area contributed by atoms with Crippen LogP contribution in [0.15, 0.2) is 48.5 Å². The predicted molar refractivity (Wildman–Crippen MR) is 100 cm³/mol. The lowest BCUT2D eigenvalue weighted by Gasteiger charge is -2.12. The smallest absolute Gasteiger partial charge is 0.221 e. The van der Waals surface area contributed by atoms with Gasteiger partial charge in [0.05, 0.1) is 0 Å². The molecule has 3 N–H and O–H groups in total. The van der Waals surface area contributed by atoms with Crippen LogP contribution in [0.3, 0.4) is 0 Å². The minimum atomic E-state index is -0.714. The minimum Gasteiger partial charge on any atom is -0.340 e. The fourth-order valence-corrected chi connectivity index (χ4v) is 2.43. The molecule has 138 valence electrons. The van der Waals surface area contributed by atoms with Crippen LogP contribution in [-0.4, -0.2) is 15.9 Å². The van der Waals surface area contributed by atoms with Crippen molar-refractivity contribution in [3.63, 3.8) is 0 Å². The number of amides is 1. The van der Waals surface area contributed by atoms with Crippen molar-refractivity contribution in [1.29, 1.82) is 0 Å². The summed E-state index contributed by atoms with van der Waals surface area (Å²) in [5.74, 6) is -0.450. The van der Waals surface area contributed by atoms with Crippen molar-refractivity contribution in [2.75, 3.05) is 16.0 Å². The number of carbonyl (C=O) groups is 1. The van der Waals surface area contributed by atoms with E-state index in [-0.39, 0.29) is 17.4 Å². The first kappa shape index (κ1) is 18.2. The quantitative estimate of drug-likeness (QED) is 0.617. The average molecular weight is 369 g/mol. The number of hydrogen-bond donors (Lipinski definition) is 3. The zero-order valence-electron chi connectivity index (χ0n) is 14.7. The fourth-order valence-electron chi connectivity index (χ4n) is 2.43. The third-order valence-electron chi connectivity index (χ3n) is 3.53. The van der Waals surface area contributed by atoms with E-state index in [0.717, 1.165) is 17.8 Å². The van der Waals surface area contributed by atoms with Gasteiger partial charge in [-0.05, 0) is 43.3 Å². The van der Waals surface area contributed by atoms with Gasteiger partial charge in [0.25, 0.3) is 0 Å². The molecule has 0 aliphatic carbocycles. The fraction of sp³-hybridized carbons (Fsp3) is 0.105. The summed E-state index contributed by atoms with van der Waals surface area (Å²) < 4.78 is 27.6. The van der Waals surface area contributed by atoms with Crippen LogP contribution in [0, 0.1) is 18.6 Å². The Morgan fingerprint density at radius 3 is 2.04 bits per heavy atom. The van der Waals surface area contributed by atoms with Gasteiger partial charge < -0.3 is 16.0 Å². The molecular formula is C19H17F2N5O. The van der Waals surface area contributed by atoms with Crippen LogP contribution in [0.25, 0.3) is 0 Å². The lowest BCUT2D eigenvalue weighted by atomic mass is 10.2. The number of carbonyl (C=O) groups excluding carboxylic acids is 1. The van der Waals surface area contributed by atoms with Gasteiger partial charge in [0.2, 0.25) is 5.91 Å². The van der Waals surface area contributed by atoms with E-state index in [0.29, 0.717) is 17.3 Å². The number of nitrogens with one attached hydrogen (secondary N) is 3. The molecule has 8 heteroatoms. The van der Waals surface area contributed by atoms with Crippen LogP contribution in [-0.2, 0) is 4.79 Å². The van der Waals surface area contributed by atoms with Gasteiger partial charge in [-0.2, -0.15) is 0 Å². The Kier molecular flexibility index (Phi) is 5.25. The Labute approximate surface area is 154 Å². The molecule has 0 atom stereocenters. The molecule has 6 nitrogen and oxygen atoms in total. The summed E-state index contributed by atoms with van der Waals surface area (Å²) >= 11 is 0. The maximum atomic E-state index is 13.8. The topological polar surface area (TPSA) is 78.9 Å². The molecule has 0 aliphatic heterocycles. The third-order valence-corrected chi connectivity index (χ3v) is 3.53. The third kappa shape index (κ3) is 4.75. The number of halogens is 2. The summed E-state index contributed by atoms with van der Waals surface area (Å²) in [6.45, 7) is 3.11. The van der Waals surface area contributed by atoms with Crippen LogP contribution >= 0.6 is 0 Å². The highest BCUT2D eigenvalue weighted by molar-refractivity contribution is 5.88. The number of aryl methyl sites for hydroxylation is 1. The van der Waals surface area contributed by atoms with Crippen molar-refractivity contribution < 1.29 is 13.6 Å². The molecule has 0 spiro atoms. The van der Waals surface area contributed by atoms with Gasteiger partial charge in [0.1, 0.15) is 34.8 Å². The molecule has 3 rings (SSSR count). The molecule has 27 heavy (non-hydrogen) atoms. The van der Waals surface area contributed by atoms with Gasteiger partial charge in [-0.1, -0.05) is 6.07 Å². The number of rotatable bonds is 5. The molecule has 0 saturated carbocycles. The molecule has 2 aromatic carbocycles. The minimum absolute atomic E-state index is 0.154. The molecule has 0 saturated heterocycles. The highest BCUT2D eigenvalue weighted by Crippen LogP contribution is 2.24. The summed E-state index contributed by atoms with van der Waals surface area (Å²) in [4.78, 5) is 19.5. The van der Waals surface area contributed by atoms with Crippen molar-refractivity contribution in [2.45, 2.75) is 13.8 Å². The first-order valence-electron chi connectivity index (χ1n) is 8.12. The summed E-state index contributed by atoms with van der Waals surface area (Å²) in [5, 5.41) is 8.42. The first-order valence-corrected chi connectivity index (χ1v) is 8.12. The maximum Gasteiger partial charge on any atom is 0.221 e. The van der Waals surface area contributed by atoms with Crippen LogP contribution in [0.1, 0.15) is 12.7 Å². The van der Waals surface area contributed by atoms with Crippen LogP contribution in [0.5, 0.6) is 0 Å². The molecule has 1 aromatic heterocycles. The monoisotopic (exact) mass is 369 g/mol. The van der Waals surface area contributed by atoms with E-state index >= 15 is 0 Å². The maximum absolute atomic E-state index is 13.8. The molecule has 0 aliphatic rings. The Morgan fingerprint density at radius 2 is 1.44 bits per heavy atom. The van der Waals surface area contributed by atoms with Crippen molar-refractivity contribution in [1.82, 2.24) is 9.97 Å². The second-order valence-electron chi connectivity index (χ2n) is 5.79. The van der Waals surface area contributed by atoms with Crippen LogP contribution in [0.2, 0.25) is 0 Å². The number of para-hydroxylation sites is 1. The normalized spacial score (nSPS) is 10.4. The summed E-state index contributed by atoms with van der Waals surface area (Å²) in [6, 6.07) is 12.2. The molecule has 3 aromatic rings. The van der Waals surface area contributed by atoms with E-state index < -0.39 is 11.6 Å². The lowest BCUT2D eigenvalue weighted by Crippen LogP contribution is -2.06. The predicted octanol–water partition coefficient (Wildman–Crippen LogP) is 4.51. The Hall–Kier alpha value is -3.55. The van der Waals surface area contributed by atoms with Crippen LogP contribution in [0.4, 0.5) is 37.5 Å². The van der Waals surface area contributed by atoms with Gasteiger partial charge in [0.15, 0.2) is 0 Å². The summed E-state index contributed by atoms with van der Waals surface area (Å²) in [7, 11) is 0. The largest absolute Gasteiger partial charge is 0.340 e. The summed E-state index contributed by atoms with van der Waals surface area (Å²) in [5.41, 5.74) is 1.12. The zero-order chi connectivity index (χ0) is 19.4. The number of benzene rings is 2. The second-order valence-corrected chi connectivity index (χ2v) is 5.79. The van der Waals surface area contributed by atoms with Gasteiger partial charge in [0, 0.05) is 24.4 Å². The van der Waals surface area contributed by atoms with Gasteiger partial charge in [-0.25, -0.2) is 18.7 Å². The molecule has 1 amide bonds. The standard InChI is InChI=1S/C19H17F2N5O/c1-11-22-17(25-14-8-6-13(7-9-14)24-12(2)27)10-18(23-11)26-19-15(20)4-3-5-16(19)21/h3-10H,1-2H3,(H,24,27)(H2,22,23,25,26). The van der Waals surface area contributed by atoms with Crippen molar-refractivity contribution in [2.24, 2.45) is 0 Å². The van der Waals surface area contributed by atoms with E-state index in [9.17, 15) is 13.6 Å². The molecular weight excluding hydrogens is 352 g/mol. The van der Waals surface area contributed by atoms with Gasteiger partial charge in [-0.3, -0.25) is 4.79 Å². The molecule has 0 bridgehead atoms. The first-order chi connectivity index (χ1) is 12.9. The number of aromatic nitrogens is 2. The number of hydrogen-bond acceptors (Lipinski definition) is 5.